The van der Waals surface area contributed by atoms with Gasteiger partial charge in [-0.05, 0) is 36.4 Å². The van der Waals surface area contributed by atoms with E-state index >= 15 is 0 Å². The summed E-state index contributed by atoms with van der Waals surface area (Å²) in [5, 5.41) is 3.20. The zero-order valence-electron chi connectivity index (χ0n) is 12.0. The van der Waals surface area contributed by atoms with Crippen LogP contribution in [0.5, 0.6) is 5.75 Å². The van der Waals surface area contributed by atoms with E-state index in [4.69, 9.17) is 27.9 Å². The fourth-order valence-electron chi connectivity index (χ4n) is 1.74. The molecule has 0 heterocycles. The number of nitrogens with one attached hydrogen (secondary N) is 1. The second kappa shape index (κ2) is 7.21. The van der Waals surface area contributed by atoms with Crippen LogP contribution < -0.4 is 10.1 Å². The predicted molar refractivity (Wildman–Crippen MR) is 90.1 cm³/mol. The molecule has 0 fully saturated rings. The smallest absolute Gasteiger partial charge is 0.262 e. The molecular weight excluding hydrogens is 361 g/mol. The summed E-state index contributed by atoms with van der Waals surface area (Å²) in [4.78, 5) is 12.0. The van der Waals surface area contributed by atoms with E-state index in [0.29, 0.717) is 15.7 Å². The van der Waals surface area contributed by atoms with Crippen LogP contribution in [0.3, 0.4) is 0 Å². The molecule has 2 aromatic carbocycles. The van der Waals surface area contributed by atoms with E-state index in [0.717, 1.165) is 6.26 Å². The minimum atomic E-state index is -3.27. The zero-order valence-corrected chi connectivity index (χ0v) is 14.4. The lowest BCUT2D eigenvalue weighted by Gasteiger charge is -2.10. The highest BCUT2D eigenvalue weighted by Crippen LogP contribution is 2.32. The third-order valence-corrected chi connectivity index (χ3v) is 4.56. The van der Waals surface area contributed by atoms with E-state index in [-0.39, 0.29) is 17.3 Å². The molecule has 2 aromatic rings. The minimum Gasteiger partial charge on any atom is -0.481 e. The van der Waals surface area contributed by atoms with Crippen LogP contribution in [0.2, 0.25) is 10.0 Å². The SMILES string of the molecule is CS(=O)(=O)c1ccc(NC(=O)COc2c(Cl)cccc2Cl)cc1. The molecule has 2 rings (SSSR count). The molecule has 0 saturated carbocycles. The number of rotatable bonds is 5. The second-order valence-electron chi connectivity index (χ2n) is 4.68. The average molecular weight is 374 g/mol. The minimum absolute atomic E-state index is 0.176. The molecule has 23 heavy (non-hydrogen) atoms. The van der Waals surface area contributed by atoms with Crippen LogP contribution in [0.15, 0.2) is 47.4 Å². The molecule has 0 saturated heterocycles. The van der Waals surface area contributed by atoms with Crippen LogP contribution in [-0.2, 0) is 14.6 Å². The van der Waals surface area contributed by atoms with Crippen LogP contribution in [0.25, 0.3) is 0 Å². The third-order valence-electron chi connectivity index (χ3n) is 2.83. The van der Waals surface area contributed by atoms with Gasteiger partial charge in [0.15, 0.2) is 22.2 Å². The van der Waals surface area contributed by atoms with Gasteiger partial charge in [0.2, 0.25) is 0 Å². The Morgan fingerprint density at radius 2 is 1.65 bits per heavy atom. The number of hydrogen-bond acceptors (Lipinski definition) is 4. The second-order valence-corrected chi connectivity index (χ2v) is 7.51. The van der Waals surface area contributed by atoms with Gasteiger partial charge in [-0.2, -0.15) is 0 Å². The first-order valence-corrected chi connectivity index (χ1v) is 9.09. The van der Waals surface area contributed by atoms with E-state index in [1.54, 1.807) is 18.2 Å². The highest BCUT2D eigenvalue weighted by Gasteiger charge is 2.11. The summed E-state index contributed by atoms with van der Waals surface area (Å²) in [5.74, 6) is -0.188. The molecule has 0 bridgehead atoms. The number of ether oxygens (including phenoxy) is 1. The van der Waals surface area contributed by atoms with Gasteiger partial charge in [-0.1, -0.05) is 29.3 Å². The summed E-state index contributed by atoms with van der Waals surface area (Å²) in [6, 6.07) is 10.7. The first kappa shape index (κ1) is 17.6. The molecule has 0 aliphatic carbocycles. The van der Waals surface area contributed by atoms with Gasteiger partial charge in [0, 0.05) is 11.9 Å². The number of carbonyl (C=O) groups is 1. The van der Waals surface area contributed by atoms with Gasteiger partial charge in [-0.3, -0.25) is 4.79 Å². The highest BCUT2D eigenvalue weighted by atomic mass is 35.5. The van der Waals surface area contributed by atoms with E-state index in [1.807, 2.05) is 0 Å². The molecule has 0 spiro atoms. The average Bonchev–Trinajstić information content (AvgIpc) is 2.46. The molecule has 8 heteroatoms. The Morgan fingerprint density at radius 1 is 1.09 bits per heavy atom. The highest BCUT2D eigenvalue weighted by molar-refractivity contribution is 7.90. The molecule has 0 aliphatic heterocycles. The maximum absolute atomic E-state index is 11.8. The number of sulfone groups is 1. The van der Waals surface area contributed by atoms with Gasteiger partial charge < -0.3 is 10.1 Å². The van der Waals surface area contributed by atoms with Crippen molar-refractivity contribution < 1.29 is 17.9 Å². The Labute approximate surface area is 144 Å². The van der Waals surface area contributed by atoms with Crippen LogP contribution in [0, 0.1) is 0 Å². The number of amides is 1. The molecule has 0 aliphatic rings. The Hall–Kier alpha value is -1.76. The van der Waals surface area contributed by atoms with Gasteiger partial charge in [0.05, 0.1) is 14.9 Å². The number of hydrogen-bond donors (Lipinski definition) is 1. The van der Waals surface area contributed by atoms with Gasteiger partial charge in [-0.15, -0.1) is 0 Å². The van der Waals surface area contributed by atoms with Gasteiger partial charge in [-0.25, -0.2) is 8.42 Å². The van der Waals surface area contributed by atoms with Crippen molar-refractivity contribution in [1.82, 2.24) is 0 Å². The van der Waals surface area contributed by atoms with Crippen molar-refractivity contribution in [2.75, 3.05) is 18.2 Å². The number of halogens is 2. The Kier molecular flexibility index (Phi) is 5.51. The van der Waals surface area contributed by atoms with E-state index < -0.39 is 15.7 Å². The van der Waals surface area contributed by atoms with Crippen molar-refractivity contribution in [2.45, 2.75) is 4.90 Å². The molecule has 0 aromatic heterocycles. The van der Waals surface area contributed by atoms with E-state index in [2.05, 4.69) is 5.32 Å². The first-order valence-electron chi connectivity index (χ1n) is 6.44. The third kappa shape index (κ3) is 4.86. The summed E-state index contributed by atoms with van der Waals surface area (Å²) in [7, 11) is -3.27. The molecule has 5 nitrogen and oxygen atoms in total. The molecule has 1 N–H and O–H groups in total. The number of benzene rings is 2. The van der Waals surface area contributed by atoms with Crippen molar-refractivity contribution in [3.8, 4) is 5.75 Å². The van der Waals surface area contributed by atoms with Crippen LogP contribution in [0.1, 0.15) is 0 Å². The largest absolute Gasteiger partial charge is 0.481 e. The lowest BCUT2D eigenvalue weighted by molar-refractivity contribution is -0.118. The summed E-state index contributed by atoms with van der Waals surface area (Å²) in [6.45, 7) is -0.280. The summed E-state index contributed by atoms with van der Waals surface area (Å²) in [5.41, 5.74) is 0.455. The predicted octanol–water partition coefficient (Wildman–Crippen LogP) is 3.41. The number of carbonyl (C=O) groups excluding carboxylic acids is 1. The van der Waals surface area contributed by atoms with Crippen molar-refractivity contribution >= 4 is 44.6 Å². The number of para-hydroxylation sites is 1. The molecule has 1 amide bonds. The topological polar surface area (TPSA) is 72.5 Å². The zero-order chi connectivity index (χ0) is 17.0. The quantitative estimate of drug-likeness (QED) is 0.871. The lowest BCUT2D eigenvalue weighted by atomic mass is 10.3. The molecular formula is C15H13Cl2NO4S. The molecule has 0 unspecified atom stereocenters. The lowest BCUT2D eigenvalue weighted by Crippen LogP contribution is -2.20. The first-order chi connectivity index (χ1) is 10.8. The fourth-order valence-corrected chi connectivity index (χ4v) is 2.88. The standard InChI is InChI=1S/C15H13Cl2NO4S/c1-23(20,21)11-7-5-10(6-8-11)18-14(19)9-22-15-12(16)3-2-4-13(15)17/h2-8H,9H2,1H3,(H,18,19). The fraction of sp³-hybridized carbons (Fsp3) is 0.133. The van der Waals surface area contributed by atoms with Crippen LogP contribution in [0.4, 0.5) is 5.69 Å². The molecule has 0 atom stereocenters. The van der Waals surface area contributed by atoms with Crippen molar-refractivity contribution in [2.24, 2.45) is 0 Å². The van der Waals surface area contributed by atoms with Gasteiger partial charge in [0.25, 0.3) is 5.91 Å². The Morgan fingerprint density at radius 3 is 2.17 bits per heavy atom. The van der Waals surface area contributed by atoms with Crippen molar-refractivity contribution in [3.63, 3.8) is 0 Å². The molecule has 0 radical (unpaired) electrons. The monoisotopic (exact) mass is 373 g/mol. The molecule has 122 valence electrons. The maximum Gasteiger partial charge on any atom is 0.262 e. The van der Waals surface area contributed by atoms with Gasteiger partial charge in [0.1, 0.15) is 0 Å². The summed E-state index contributed by atoms with van der Waals surface area (Å²) < 4.78 is 28.0. The Bertz CT molecular complexity index is 800. The van der Waals surface area contributed by atoms with Crippen LogP contribution >= 0.6 is 23.2 Å². The maximum atomic E-state index is 11.8. The summed E-state index contributed by atoms with van der Waals surface area (Å²) in [6.07, 6.45) is 1.11. The number of anilines is 1. The van der Waals surface area contributed by atoms with Crippen molar-refractivity contribution in [3.05, 3.63) is 52.5 Å². The van der Waals surface area contributed by atoms with Gasteiger partial charge >= 0.3 is 0 Å². The van der Waals surface area contributed by atoms with E-state index in [9.17, 15) is 13.2 Å². The normalized spacial score (nSPS) is 11.1. The van der Waals surface area contributed by atoms with Crippen LogP contribution in [-0.4, -0.2) is 27.2 Å². The van der Waals surface area contributed by atoms with E-state index in [1.165, 1.54) is 24.3 Å². The summed E-state index contributed by atoms with van der Waals surface area (Å²) >= 11 is 11.9. The van der Waals surface area contributed by atoms with Crippen molar-refractivity contribution in [1.29, 1.82) is 0 Å². The Balaban J connectivity index is 1.97.